The molecule has 0 unspecified atom stereocenters. The molecule has 28 heavy (non-hydrogen) atoms. The number of nitrogens with one attached hydrogen (secondary N) is 1. The molecule has 5 rings (SSSR count). The Hall–Kier alpha value is -3.82. The average molecular weight is 382 g/mol. The van der Waals surface area contributed by atoms with Gasteiger partial charge in [-0.3, -0.25) is 0 Å². The number of aryl methyl sites for hydroxylation is 1. The number of aromatic amines is 1. The fourth-order valence-corrected chi connectivity index (χ4v) is 3.18. The average Bonchev–Trinajstić information content (AvgIpc) is 3.19. The second-order valence-corrected chi connectivity index (χ2v) is 6.17. The van der Waals surface area contributed by atoms with E-state index in [0.29, 0.717) is 39.4 Å². The maximum absolute atomic E-state index is 13.4. The normalized spacial score (nSPS) is 14.5. The van der Waals surface area contributed by atoms with Crippen molar-refractivity contribution in [2.75, 3.05) is 5.73 Å². The van der Waals surface area contributed by atoms with Gasteiger partial charge in [-0.25, -0.2) is 19.9 Å². The topological polar surface area (TPSA) is 112 Å². The van der Waals surface area contributed by atoms with Gasteiger partial charge in [0.1, 0.15) is 11.5 Å². The smallest absolute Gasteiger partial charge is 0.395 e. The fraction of sp³-hybridized carbons (Fsp3) is 0.111. The largest absolute Gasteiger partial charge is 0.586 e. The second kappa shape index (κ2) is 5.59. The van der Waals surface area contributed by atoms with Crippen LogP contribution in [0.3, 0.4) is 0 Å². The zero-order valence-corrected chi connectivity index (χ0v) is 14.4. The summed E-state index contributed by atoms with van der Waals surface area (Å²) in [5, 5.41) is 0.675. The zero-order chi connectivity index (χ0) is 19.5. The number of rotatable bonds is 2. The van der Waals surface area contributed by atoms with E-state index >= 15 is 0 Å². The number of halogens is 2. The molecule has 3 N–H and O–H groups in total. The van der Waals surface area contributed by atoms with Crippen molar-refractivity contribution < 1.29 is 18.3 Å². The number of hydrogen-bond donors (Lipinski definition) is 2. The fourth-order valence-electron chi connectivity index (χ4n) is 3.18. The van der Waals surface area contributed by atoms with Crippen molar-refractivity contribution in [3.05, 3.63) is 42.5 Å². The van der Waals surface area contributed by atoms with Crippen molar-refractivity contribution in [2.45, 2.75) is 13.2 Å². The van der Waals surface area contributed by atoms with E-state index in [1.165, 1.54) is 12.1 Å². The van der Waals surface area contributed by atoms with Crippen LogP contribution in [-0.4, -0.2) is 31.2 Å². The van der Waals surface area contributed by atoms with Gasteiger partial charge in [0, 0.05) is 23.5 Å². The van der Waals surface area contributed by atoms with Gasteiger partial charge < -0.3 is 20.2 Å². The molecule has 10 heteroatoms. The number of ether oxygens (including phenoxy) is 2. The number of alkyl halides is 2. The molecule has 1 aliphatic rings. The van der Waals surface area contributed by atoms with Crippen LogP contribution in [0.25, 0.3) is 33.5 Å². The summed E-state index contributed by atoms with van der Waals surface area (Å²) in [5.41, 5.74) is 8.69. The molecule has 1 aliphatic heterocycles. The van der Waals surface area contributed by atoms with E-state index in [9.17, 15) is 8.78 Å². The van der Waals surface area contributed by atoms with Crippen LogP contribution >= 0.6 is 0 Å². The molecular weight excluding hydrogens is 370 g/mol. The Labute approximate surface area is 156 Å². The van der Waals surface area contributed by atoms with Gasteiger partial charge in [-0.05, 0) is 31.2 Å². The van der Waals surface area contributed by atoms with Crippen LogP contribution in [0.1, 0.15) is 5.82 Å². The van der Waals surface area contributed by atoms with Crippen molar-refractivity contribution >= 4 is 17.0 Å². The highest BCUT2D eigenvalue weighted by molar-refractivity contribution is 6.02. The lowest BCUT2D eigenvalue weighted by Gasteiger charge is -2.08. The number of nitrogens with zero attached hydrogens (tertiary/aromatic N) is 4. The highest BCUT2D eigenvalue weighted by Gasteiger charge is 2.43. The van der Waals surface area contributed by atoms with Crippen LogP contribution < -0.4 is 15.2 Å². The predicted molar refractivity (Wildman–Crippen MR) is 95.7 cm³/mol. The van der Waals surface area contributed by atoms with Gasteiger partial charge in [0.2, 0.25) is 5.95 Å². The SMILES string of the molecule is Cc1nc(-c2ccc3c(c2)OC(F)(F)O3)c2c(-c3ccnc(N)n3)c[nH]c2n1. The quantitative estimate of drug-likeness (QED) is 0.547. The minimum absolute atomic E-state index is 0.0337. The monoisotopic (exact) mass is 382 g/mol. The summed E-state index contributed by atoms with van der Waals surface area (Å²) in [6, 6.07) is 6.23. The van der Waals surface area contributed by atoms with Gasteiger partial charge in [-0.15, -0.1) is 8.78 Å². The third kappa shape index (κ3) is 2.57. The van der Waals surface area contributed by atoms with Crippen molar-refractivity contribution in [3.63, 3.8) is 0 Å². The Kier molecular flexibility index (Phi) is 3.26. The molecule has 0 atom stereocenters. The van der Waals surface area contributed by atoms with E-state index in [-0.39, 0.29) is 17.4 Å². The Bertz CT molecular complexity index is 1240. The van der Waals surface area contributed by atoms with E-state index in [4.69, 9.17) is 5.73 Å². The van der Waals surface area contributed by atoms with Crippen LogP contribution in [-0.2, 0) is 0 Å². The molecule has 0 spiro atoms. The van der Waals surface area contributed by atoms with Crippen molar-refractivity contribution in [3.8, 4) is 34.0 Å². The number of nitrogens with two attached hydrogens (primary N) is 1. The molecular formula is C18H12F2N6O2. The summed E-state index contributed by atoms with van der Waals surface area (Å²) in [4.78, 5) is 20.2. The first-order valence-corrected chi connectivity index (χ1v) is 8.24. The number of H-pyrrole nitrogens is 1. The molecule has 0 bridgehead atoms. The van der Waals surface area contributed by atoms with Gasteiger partial charge in [-0.1, -0.05) is 0 Å². The van der Waals surface area contributed by atoms with Gasteiger partial charge in [-0.2, -0.15) is 0 Å². The lowest BCUT2D eigenvalue weighted by atomic mass is 10.0. The second-order valence-electron chi connectivity index (χ2n) is 6.17. The van der Waals surface area contributed by atoms with E-state index in [1.807, 2.05) is 0 Å². The summed E-state index contributed by atoms with van der Waals surface area (Å²) >= 11 is 0. The molecule has 0 saturated heterocycles. The Morgan fingerprint density at radius 1 is 1.07 bits per heavy atom. The molecule has 8 nitrogen and oxygen atoms in total. The van der Waals surface area contributed by atoms with E-state index in [2.05, 4.69) is 34.4 Å². The number of fused-ring (bicyclic) bond motifs is 2. The summed E-state index contributed by atoms with van der Waals surface area (Å²) in [7, 11) is 0. The van der Waals surface area contributed by atoms with Gasteiger partial charge >= 0.3 is 6.29 Å². The van der Waals surface area contributed by atoms with E-state index in [1.54, 1.807) is 31.5 Å². The maximum atomic E-state index is 13.4. The van der Waals surface area contributed by atoms with Crippen LogP contribution in [0.5, 0.6) is 11.5 Å². The summed E-state index contributed by atoms with van der Waals surface area (Å²) in [6.07, 6.45) is -0.394. The highest BCUT2D eigenvalue weighted by Crippen LogP contribution is 2.44. The standard InChI is InChI=1S/C18H12F2N6O2/c1-8-24-15(9-2-3-12-13(6-9)28-18(19,20)27-12)14-10(7-23-16(14)25-8)11-4-5-22-17(21)26-11/h2-7H,1H3,(H2,21,22,26)(H,23,24,25). The van der Waals surface area contributed by atoms with Gasteiger partial charge in [0.15, 0.2) is 11.5 Å². The van der Waals surface area contributed by atoms with Crippen LogP contribution in [0, 0.1) is 6.92 Å². The number of nitrogen functional groups attached to an aromatic ring is 1. The predicted octanol–water partition coefficient (Wildman–Crippen LogP) is 3.29. The number of hydrogen-bond acceptors (Lipinski definition) is 7. The molecule has 0 aliphatic carbocycles. The Morgan fingerprint density at radius 2 is 1.89 bits per heavy atom. The van der Waals surface area contributed by atoms with E-state index < -0.39 is 6.29 Å². The molecule has 0 amide bonds. The molecule has 140 valence electrons. The lowest BCUT2D eigenvalue weighted by Crippen LogP contribution is -2.25. The lowest BCUT2D eigenvalue weighted by molar-refractivity contribution is -0.286. The number of aromatic nitrogens is 5. The first-order valence-electron chi connectivity index (χ1n) is 8.24. The minimum Gasteiger partial charge on any atom is -0.395 e. The summed E-state index contributed by atoms with van der Waals surface area (Å²) in [6.45, 7) is 1.74. The third-order valence-electron chi connectivity index (χ3n) is 4.27. The van der Waals surface area contributed by atoms with Crippen molar-refractivity contribution in [1.29, 1.82) is 0 Å². The maximum Gasteiger partial charge on any atom is 0.586 e. The highest BCUT2D eigenvalue weighted by atomic mass is 19.3. The molecule has 0 saturated carbocycles. The summed E-state index contributed by atoms with van der Waals surface area (Å²) < 4.78 is 35.8. The first-order chi connectivity index (χ1) is 13.4. The first kappa shape index (κ1) is 16.4. The van der Waals surface area contributed by atoms with Crippen LogP contribution in [0.15, 0.2) is 36.7 Å². The zero-order valence-electron chi connectivity index (χ0n) is 14.4. The van der Waals surface area contributed by atoms with E-state index in [0.717, 1.165) is 0 Å². The molecule has 3 aromatic heterocycles. The minimum atomic E-state index is -3.68. The van der Waals surface area contributed by atoms with Gasteiger partial charge in [0.25, 0.3) is 0 Å². The molecule has 0 radical (unpaired) electrons. The van der Waals surface area contributed by atoms with Crippen molar-refractivity contribution in [1.82, 2.24) is 24.9 Å². The summed E-state index contributed by atoms with van der Waals surface area (Å²) in [5.74, 6) is 0.553. The van der Waals surface area contributed by atoms with Crippen LogP contribution in [0.2, 0.25) is 0 Å². The van der Waals surface area contributed by atoms with Crippen molar-refractivity contribution in [2.24, 2.45) is 0 Å². The number of benzene rings is 1. The molecule has 4 heterocycles. The molecule has 0 fully saturated rings. The molecule has 4 aromatic rings. The third-order valence-corrected chi connectivity index (χ3v) is 4.27. The Balaban J connectivity index is 1.73. The Morgan fingerprint density at radius 3 is 2.71 bits per heavy atom. The van der Waals surface area contributed by atoms with Crippen LogP contribution in [0.4, 0.5) is 14.7 Å². The number of anilines is 1. The molecule has 1 aromatic carbocycles. The van der Waals surface area contributed by atoms with Gasteiger partial charge in [0.05, 0.1) is 16.8 Å².